The standard InChI is InChI=1S/C4H8S.CHNO/c1-2-4-5-3-1;2-1-3/h1-4H2;3H. The third kappa shape index (κ3) is 5.64. The fourth-order valence-corrected chi connectivity index (χ4v) is 1.53. The SMILES string of the molecule is C1CCSC1.N#CO. The molecule has 1 aliphatic heterocycles. The molecule has 0 aromatic heterocycles. The highest BCUT2D eigenvalue weighted by Crippen LogP contribution is 2.14. The Balaban J connectivity index is 0.000000145. The van der Waals surface area contributed by atoms with Crippen LogP contribution in [0.1, 0.15) is 12.8 Å². The van der Waals surface area contributed by atoms with Gasteiger partial charge in [-0.1, -0.05) is 0 Å². The molecule has 0 aliphatic carbocycles. The van der Waals surface area contributed by atoms with Gasteiger partial charge in [0.1, 0.15) is 0 Å². The topological polar surface area (TPSA) is 44.0 Å². The summed E-state index contributed by atoms with van der Waals surface area (Å²) in [7, 11) is 0. The van der Waals surface area contributed by atoms with Crippen molar-refractivity contribution in [3.05, 3.63) is 0 Å². The summed E-state index contributed by atoms with van der Waals surface area (Å²) in [6, 6.07) is 0. The summed E-state index contributed by atoms with van der Waals surface area (Å²) in [4.78, 5) is 0. The molecule has 1 rings (SSSR count). The van der Waals surface area contributed by atoms with Crippen molar-refractivity contribution in [1.82, 2.24) is 0 Å². The first-order valence-electron chi connectivity index (χ1n) is 2.52. The van der Waals surface area contributed by atoms with Crippen molar-refractivity contribution in [3.63, 3.8) is 0 Å². The van der Waals surface area contributed by atoms with Crippen LogP contribution in [0.2, 0.25) is 0 Å². The van der Waals surface area contributed by atoms with Gasteiger partial charge in [0.2, 0.25) is 0 Å². The molecule has 0 amide bonds. The Hall–Kier alpha value is -0.360. The van der Waals surface area contributed by atoms with Gasteiger partial charge in [-0.15, -0.1) is 0 Å². The number of hydrogen-bond acceptors (Lipinski definition) is 3. The number of thioether (sulfide) groups is 1. The minimum atomic E-state index is 0.750. The maximum atomic E-state index is 6.88. The summed E-state index contributed by atoms with van der Waals surface area (Å²) in [6.45, 7) is 0. The summed E-state index contributed by atoms with van der Waals surface area (Å²) < 4.78 is 0. The summed E-state index contributed by atoms with van der Waals surface area (Å²) in [5.74, 6) is 2.83. The van der Waals surface area contributed by atoms with Gasteiger partial charge in [0.25, 0.3) is 6.26 Å². The Bertz CT molecular complexity index is 67.4. The molecule has 0 bridgehead atoms. The fourth-order valence-electron chi connectivity index (χ4n) is 0.510. The first kappa shape index (κ1) is 7.64. The van der Waals surface area contributed by atoms with Crippen molar-refractivity contribution >= 4 is 11.8 Å². The number of aliphatic hydroxyl groups excluding tert-OH is 1. The molecule has 0 aromatic carbocycles. The van der Waals surface area contributed by atoms with Crippen molar-refractivity contribution in [2.75, 3.05) is 11.5 Å². The minimum Gasteiger partial charge on any atom is -0.443 e. The first-order valence-corrected chi connectivity index (χ1v) is 3.68. The van der Waals surface area contributed by atoms with Gasteiger partial charge in [-0.05, 0) is 24.3 Å². The zero-order chi connectivity index (χ0) is 6.24. The number of aliphatic hydroxyl groups is 1. The van der Waals surface area contributed by atoms with E-state index in [0.717, 1.165) is 6.26 Å². The summed E-state index contributed by atoms with van der Waals surface area (Å²) in [5.41, 5.74) is 0. The summed E-state index contributed by atoms with van der Waals surface area (Å²) >= 11 is 2.07. The van der Waals surface area contributed by atoms with E-state index >= 15 is 0 Å². The second-order valence-corrected chi connectivity index (χ2v) is 2.64. The largest absolute Gasteiger partial charge is 0.443 e. The smallest absolute Gasteiger partial charge is 0.283 e. The molecule has 3 heteroatoms. The molecule has 0 spiro atoms. The molecule has 46 valence electrons. The highest BCUT2D eigenvalue weighted by molar-refractivity contribution is 7.99. The molecular weight excluding hydrogens is 122 g/mol. The van der Waals surface area contributed by atoms with Gasteiger partial charge in [0, 0.05) is 0 Å². The molecule has 0 aromatic rings. The van der Waals surface area contributed by atoms with Crippen LogP contribution < -0.4 is 0 Å². The van der Waals surface area contributed by atoms with E-state index in [1.807, 2.05) is 0 Å². The first-order chi connectivity index (χ1) is 3.91. The average molecular weight is 131 g/mol. The molecule has 0 saturated carbocycles. The zero-order valence-corrected chi connectivity index (χ0v) is 5.45. The Morgan fingerprint density at radius 2 is 1.75 bits per heavy atom. The molecule has 0 atom stereocenters. The monoisotopic (exact) mass is 131 g/mol. The number of nitrogens with zero attached hydrogens (tertiary/aromatic N) is 1. The predicted molar refractivity (Wildman–Crippen MR) is 34.1 cm³/mol. The minimum absolute atomic E-state index is 0.750. The molecule has 1 saturated heterocycles. The quantitative estimate of drug-likeness (QED) is 0.505. The number of hydrogen-bond donors (Lipinski definition) is 1. The normalized spacial score (nSPS) is 15.9. The molecule has 0 unspecified atom stereocenters. The van der Waals surface area contributed by atoms with Gasteiger partial charge in [-0.2, -0.15) is 17.0 Å². The van der Waals surface area contributed by atoms with Gasteiger partial charge < -0.3 is 5.11 Å². The number of rotatable bonds is 0. The van der Waals surface area contributed by atoms with E-state index in [1.165, 1.54) is 24.3 Å². The zero-order valence-electron chi connectivity index (χ0n) is 4.63. The van der Waals surface area contributed by atoms with E-state index in [1.54, 1.807) is 0 Å². The van der Waals surface area contributed by atoms with Crippen LogP contribution in [-0.4, -0.2) is 16.6 Å². The van der Waals surface area contributed by atoms with Crippen molar-refractivity contribution < 1.29 is 5.11 Å². The summed E-state index contributed by atoms with van der Waals surface area (Å²) in [6.07, 6.45) is 3.68. The molecule has 1 aliphatic rings. The van der Waals surface area contributed by atoms with Gasteiger partial charge in [0.15, 0.2) is 0 Å². The maximum Gasteiger partial charge on any atom is 0.283 e. The highest BCUT2D eigenvalue weighted by Gasteiger charge is 1.95. The molecular formula is C5H9NOS. The Kier molecular flexibility index (Phi) is 6.34. The molecule has 8 heavy (non-hydrogen) atoms. The van der Waals surface area contributed by atoms with E-state index in [9.17, 15) is 0 Å². The van der Waals surface area contributed by atoms with E-state index in [-0.39, 0.29) is 0 Å². The number of nitriles is 1. The van der Waals surface area contributed by atoms with Crippen molar-refractivity contribution in [3.8, 4) is 6.26 Å². The van der Waals surface area contributed by atoms with E-state index in [4.69, 9.17) is 10.4 Å². The lowest BCUT2D eigenvalue weighted by Crippen LogP contribution is -1.58. The lowest BCUT2D eigenvalue weighted by molar-refractivity contribution is 0.503. The van der Waals surface area contributed by atoms with Gasteiger partial charge in [0.05, 0.1) is 0 Å². The van der Waals surface area contributed by atoms with Gasteiger partial charge >= 0.3 is 0 Å². The molecule has 1 fully saturated rings. The Morgan fingerprint density at radius 1 is 1.38 bits per heavy atom. The van der Waals surface area contributed by atoms with Crippen LogP contribution in [0, 0.1) is 11.5 Å². The Morgan fingerprint density at radius 3 is 1.88 bits per heavy atom. The molecule has 1 heterocycles. The van der Waals surface area contributed by atoms with Crippen molar-refractivity contribution in [2.45, 2.75) is 12.8 Å². The second-order valence-electron chi connectivity index (χ2n) is 1.42. The maximum absolute atomic E-state index is 6.88. The third-order valence-electron chi connectivity index (χ3n) is 0.827. The molecule has 1 N–H and O–H groups in total. The van der Waals surface area contributed by atoms with Crippen LogP contribution in [0.25, 0.3) is 0 Å². The third-order valence-corrected chi connectivity index (χ3v) is 1.98. The second kappa shape index (κ2) is 6.64. The van der Waals surface area contributed by atoms with Crippen LogP contribution in [0.15, 0.2) is 0 Å². The van der Waals surface area contributed by atoms with Crippen LogP contribution in [0.4, 0.5) is 0 Å². The average Bonchev–Trinajstić information content (AvgIpc) is 2.17. The Labute approximate surface area is 53.5 Å². The fraction of sp³-hybridized carbons (Fsp3) is 0.800. The van der Waals surface area contributed by atoms with Crippen LogP contribution >= 0.6 is 11.8 Å². The lowest BCUT2D eigenvalue weighted by atomic mass is 10.4. The van der Waals surface area contributed by atoms with Crippen LogP contribution in [-0.2, 0) is 0 Å². The van der Waals surface area contributed by atoms with E-state index in [0.29, 0.717) is 0 Å². The van der Waals surface area contributed by atoms with E-state index < -0.39 is 0 Å². The van der Waals surface area contributed by atoms with Gasteiger partial charge in [-0.3, -0.25) is 0 Å². The van der Waals surface area contributed by atoms with Crippen LogP contribution in [0.5, 0.6) is 0 Å². The van der Waals surface area contributed by atoms with Crippen molar-refractivity contribution in [1.29, 1.82) is 5.26 Å². The van der Waals surface area contributed by atoms with E-state index in [2.05, 4.69) is 11.8 Å². The highest BCUT2D eigenvalue weighted by atomic mass is 32.2. The van der Waals surface area contributed by atoms with Gasteiger partial charge in [-0.25, -0.2) is 0 Å². The molecule has 0 radical (unpaired) electrons. The molecule has 2 nitrogen and oxygen atoms in total. The lowest BCUT2D eigenvalue weighted by Gasteiger charge is -1.69. The van der Waals surface area contributed by atoms with Crippen molar-refractivity contribution in [2.24, 2.45) is 0 Å². The van der Waals surface area contributed by atoms with Crippen LogP contribution in [0.3, 0.4) is 0 Å². The summed E-state index contributed by atoms with van der Waals surface area (Å²) in [5, 5.41) is 13.8. The predicted octanol–water partition coefficient (Wildman–Crippen LogP) is 1.35.